The third-order valence-corrected chi connectivity index (χ3v) is 3.59. The van der Waals surface area contributed by atoms with Gasteiger partial charge in [-0.2, -0.15) is 0 Å². The number of imidazole rings is 1. The molecule has 0 aromatic carbocycles. The van der Waals surface area contributed by atoms with Crippen molar-refractivity contribution in [3.05, 3.63) is 17.7 Å². The first kappa shape index (κ1) is 9.75. The van der Waals surface area contributed by atoms with Gasteiger partial charge in [0.2, 0.25) is 0 Å². The van der Waals surface area contributed by atoms with Crippen molar-refractivity contribution in [3.63, 3.8) is 0 Å². The van der Waals surface area contributed by atoms with Crippen LogP contribution in [0.2, 0.25) is 0 Å². The zero-order valence-corrected chi connectivity index (χ0v) is 9.45. The van der Waals surface area contributed by atoms with Gasteiger partial charge in [-0.25, -0.2) is 4.98 Å². The Labute approximate surface area is 86.3 Å². The summed E-state index contributed by atoms with van der Waals surface area (Å²) < 4.78 is 2.38. The van der Waals surface area contributed by atoms with E-state index in [9.17, 15) is 0 Å². The maximum absolute atomic E-state index is 4.38. The van der Waals surface area contributed by atoms with Gasteiger partial charge in [-0.05, 0) is 32.6 Å². The first-order chi connectivity index (χ1) is 6.68. The molecule has 14 heavy (non-hydrogen) atoms. The number of hydrogen-bond donors (Lipinski definition) is 0. The van der Waals surface area contributed by atoms with Crippen LogP contribution in [0, 0.1) is 19.8 Å². The van der Waals surface area contributed by atoms with Crippen molar-refractivity contribution in [3.8, 4) is 0 Å². The summed E-state index contributed by atoms with van der Waals surface area (Å²) in [5.41, 5.74) is 2.53. The molecule has 2 rings (SSSR count). The van der Waals surface area contributed by atoms with E-state index in [1.807, 2.05) is 6.33 Å². The quantitative estimate of drug-likeness (QED) is 0.668. The van der Waals surface area contributed by atoms with E-state index in [4.69, 9.17) is 0 Å². The SMILES string of the molecule is Cc1ncn(C2CCCC(C)C2)c1C. The summed E-state index contributed by atoms with van der Waals surface area (Å²) in [4.78, 5) is 4.38. The Hall–Kier alpha value is -0.790. The van der Waals surface area contributed by atoms with Crippen molar-refractivity contribution in [2.75, 3.05) is 0 Å². The van der Waals surface area contributed by atoms with Crippen LogP contribution in [-0.4, -0.2) is 9.55 Å². The zero-order valence-electron chi connectivity index (χ0n) is 9.45. The fourth-order valence-electron chi connectivity index (χ4n) is 2.54. The van der Waals surface area contributed by atoms with Crippen molar-refractivity contribution in [2.45, 2.75) is 52.5 Å². The van der Waals surface area contributed by atoms with Crippen molar-refractivity contribution in [1.29, 1.82) is 0 Å². The van der Waals surface area contributed by atoms with Gasteiger partial charge < -0.3 is 4.57 Å². The molecule has 1 fully saturated rings. The lowest BCUT2D eigenvalue weighted by atomic mass is 9.87. The maximum Gasteiger partial charge on any atom is 0.0954 e. The Morgan fingerprint density at radius 3 is 2.71 bits per heavy atom. The highest BCUT2D eigenvalue weighted by Crippen LogP contribution is 2.33. The lowest BCUT2D eigenvalue weighted by Crippen LogP contribution is -2.17. The topological polar surface area (TPSA) is 17.8 Å². The molecule has 2 atom stereocenters. The molecule has 78 valence electrons. The Kier molecular flexibility index (Phi) is 2.62. The van der Waals surface area contributed by atoms with Crippen LogP contribution in [0.3, 0.4) is 0 Å². The molecule has 0 spiro atoms. The molecule has 1 aromatic rings. The fraction of sp³-hybridized carbons (Fsp3) is 0.750. The predicted molar refractivity (Wildman–Crippen MR) is 58.4 cm³/mol. The highest BCUT2D eigenvalue weighted by atomic mass is 15.1. The molecule has 0 bridgehead atoms. The highest BCUT2D eigenvalue weighted by molar-refractivity contribution is 5.10. The molecule has 0 amide bonds. The molecule has 0 aliphatic heterocycles. The lowest BCUT2D eigenvalue weighted by Gasteiger charge is -2.28. The van der Waals surface area contributed by atoms with Crippen LogP contribution in [0.5, 0.6) is 0 Å². The highest BCUT2D eigenvalue weighted by Gasteiger charge is 2.21. The molecule has 1 saturated carbocycles. The van der Waals surface area contributed by atoms with Crippen molar-refractivity contribution >= 4 is 0 Å². The van der Waals surface area contributed by atoms with E-state index in [1.165, 1.54) is 37.1 Å². The van der Waals surface area contributed by atoms with E-state index in [1.54, 1.807) is 0 Å². The third kappa shape index (κ3) is 1.70. The zero-order chi connectivity index (χ0) is 10.1. The smallest absolute Gasteiger partial charge is 0.0954 e. The minimum atomic E-state index is 0.708. The second-order valence-corrected chi connectivity index (χ2v) is 4.75. The third-order valence-electron chi connectivity index (χ3n) is 3.59. The summed E-state index contributed by atoms with van der Waals surface area (Å²) in [5.74, 6) is 0.885. The van der Waals surface area contributed by atoms with E-state index in [2.05, 4.69) is 30.3 Å². The molecule has 2 unspecified atom stereocenters. The molecule has 1 aromatic heterocycles. The van der Waals surface area contributed by atoms with Gasteiger partial charge in [-0.15, -0.1) is 0 Å². The van der Waals surface area contributed by atoms with Crippen LogP contribution >= 0.6 is 0 Å². The van der Waals surface area contributed by atoms with E-state index < -0.39 is 0 Å². The first-order valence-electron chi connectivity index (χ1n) is 5.68. The summed E-state index contributed by atoms with van der Waals surface area (Å²) >= 11 is 0. The van der Waals surface area contributed by atoms with Gasteiger partial charge in [0.1, 0.15) is 0 Å². The van der Waals surface area contributed by atoms with Crippen LogP contribution in [0.4, 0.5) is 0 Å². The fourth-order valence-corrected chi connectivity index (χ4v) is 2.54. The number of nitrogens with zero attached hydrogens (tertiary/aromatic N) is 2. The Balaban J connectivity index is 2.18. The Bertz CT molecular complexity index is 314. The molecular formula is C12H20N2. The number of aromatic nitrogens is 2. The first-order valence-corrected chi connectivity index (χ1v) is 5.68. The van der Waals surface area contributed by atoms with Crippen molar-refractivity contribution in [1.82, 2.24) is 9.55 Å². The second kappa shape index (κ2) is 3.76. The summed E-state index contributed by atoms with van der Waals surface area (Å²) in [7, 11) is 0. The summed E-state index contributed by atoms with van der Waals surface area (Å²) in [6.07, 6.45) is 7.47. The van der Waals surface area contributed by atoms with Crippen molar-refractivity contribution < 1.29 is 0 Å². The number of rotatable bonds is 1. The van der Waals surface area contributed by atoms with Gasteiger partial charge in [0, 0.05) is 11.7 Å². The van der Waals surface area contributed by atoms with E-state index in [-0.39, 0.29) is 0 Å². The number of aryl methyl sites for hydroxylation is 1. The normalized spacial score (nSPS) is 27.9. The van der Waals surface area contributed by atoms with Crippen LogP contribution in [0.15, 0.2) is 6.33 Å². The average Bonchev–Trinajstić information content (AvgIpc) is 2.48. The van der Waals surface area contributed by atoms with Crippen LogP contribution in [0.25, 0.3) is 0 Å². The second-order valence-electron chi connectivity index (χ2n) is 4.75. The van der Waals surface area contributed by atoms with Gasteiger partial charge in [0.15, 0.2) is 0 Å². The van der Waals surface area contributed by atoms with Gasteiger partial charge in [-0.3, -0.25) is 0 Å². The molecule has 0 saturated heterocycles. The minimum absolute atomic E-state index is 0.708. The van der Waals surface area contributed by atoms with Gasteiger partial charge in [0.05, 0.1) is 12.0 Å². The lowest BCUT2D eigenvalue weighted by molar-refractivity contribution is 0.279. The largest absolute Gasteiger partial charge is 0.332 e. The van der Waals surface area contributed by atoms with E-state index >= 15 is 0 Å². The predicted octanol–water partition coefficient (Wildman–Crippen LogP) is 3.25. The van der Waals surface area contributed by atoms with E-state index in [0.717, 1.165) is 5.92 Å². The Morgan fingerprint density at radius 1 is 1.36 bits per heavy atom. The average molecular weight is 192 g/mol. The molecule has 1 aliphatic rings. The molecule has 0 N–H and O–H groups in total. The van der Waals surface area contributed by atoms with Crippen molar-refractivity contribution in [2.24, 2.45) is 5.92 Å². The molecule has 2 nitrogen and oxygen atoms in total. The molecule has 1 aliphatic carbocycles. The summed E-state index contributed by atoms with van der Waals surface area (Å²) in [6.45, 7) is 6.64. The summed E-state index contributed by atoms with van der Waals surface area (Å²) in [5, 5.41) is 0. The standard InChI is InChI=1S/C12H20N2/c1-9-5-4-6-12(7-9)14-8-13-10(2)11(14)3/h8-9,12H,4-7H2,1-3H3. The van der Waals surface area contributed by atoms with Gasteiger partial charge in [0.25, 0.3) is 0 Å². The molecule has 2 heteroatoms. The monoisotopic (exact) mass is 192 g/mol. The van der Waals surface area contributed by atoms with Crippen LogP contribution in [-0.2, 0) is 0 Å². The Morgan fingerprint density at radius 2 is 2.14 bits per heavy atom. The van der Waals surface area contributed by atoms with Gasteiger partial charge in [-0.1, -0.05) is 19.8 Å². The minimum Gasteiger partial charge on any atom is -0.332 e. The van der Waals surface area contributed by atoms with Gasteiger partial charge >= 0.3 is 0 Å². The molecule has 0 radical (unpaired) electrons. The van der Waals surface area contributed by atoms with Crippen LogP contribution < -0.4 is 0 Å². The molecular weight excluding hydrogens is 172 g/mol. The molecule has 1 heterocycles. The van der Waals surface area contributed by atoms with E-state index in [0.29, 0.717) is 6.04 Å². The van der Waals surface area contributed by atoms with Crippen LogP contribution in [0.1, 0.15) is 50.0 Å². The summed E-state index contributed by atoms with van der Waals surface area (Å²) in [6, 6.07) is 0.708. The number of hydrogen-bond acceptors (Lipinski definition) is 1. The maximum atomic E-state index is 4.38.